The molecule has 1 saturated heterocycles. The maximum atomic E-state index is 12.4. The topological polar surface area (TPSA) is 90.0 Å². The van der Waals surface area contributed by atoms with Crippen LogP contribution >= 0.6 is 15.9 Å². The Labute approximate surface area is 215 Å². The second-order valence-electron chi connectivity index (χ2n) is 10.0. The second-order valence-corrected chi connectivity index (χ2v) is 10.8. The predicted octanol–water partition coefficient (Wildman–Crippen LogP) is 5.52. The Hall–Kier alpha value is -2.81. The maximum absolute atomic E-state index is 12.4. The number of ether oxygens (including phenoxy) is 3. The van der Waals surface area contributed by atoms with E-state index in [0.717, 1.165) is 17.0 Å². The van der Waals surface area contributed by atoms with Crippen LogP contribution in [0.5, 0.6) is 11.5 Å². The lowest BCUT2D eigenvalue weighted by Crippen LogP contribution is -2.54. The summed E-state index contributed by atoms with van der Waals surface area (Å²) in [6.07, 6.45) is 0.973. The zero-order chi connectivity index (χ0) is 25.8. The third kappa shape index (κ3) is 7.34. The number of Topliss-reactive ketones (excluding diaryl/α,β-unsaturated/α-hetero) is 1. The molecule has 8 nitrogen and oxygen atoms in total. The average Bonchev–Trinajstić information content (AvgIpc) is 2.77. The number of piperidine rings is 1. The first-order valence-electron chi connectivity index (χ1n) is 11.6. The number of amides is 1. The van der Waals surface area contributed by atoms with Crippen LogP contribution in [-0.4, -0.2) is 48.2 Å². The van der Waals surface area contributed by atoms with Crippen LogP contribution in [0.25, 0.3) is 0 Å². The number of carbonyl (C=O) groups excluding carboxylic acids is 2. The van der Waals surface area contributed by atoms with E-state index in [1.165, 1.54) is 6.92 Å². The number of rotatable bonds is 7. The zero-order valence-corrected chi connectivity index (χ0v) is 22.8. The van der Waals surface area contributed by atoms with Gasteiger partial charge in [-0.15, -0.1) is 0 Å². The SMILES string of the molecule is COc1ccc(COc2cc(N3CCC(C)(NC(=O)OC(C)(C)C)CC3)c(C(C)=O)nc2Br)cc1. The number of methoxy groups -OCH3 is 1. The smallest absolute Gasteiger partial charge is 0.408 e. The first-order valence-corrected chi connectivity index (χ1v) is 12.4. The van der Waals surface area contributed by atoms with Crippen molar-refractivity contribution in [3.8, 4) is 11.5 Å². The van der Waals surface area contributed by atoms with Crippen LogP contribution in [-0.2, 0) is 11.3 Å². The Morgan fingerprint density at radius 2 is 1.80 bits per heavy atom. The third-order valence-electron chi connectivity index (χ3n) is 5.82. The van der Waals surface area contributed by atoms with Crippen molar-refractivity contribution in [3.63, 3.8) is 0 Å². The van der Waals surface area contributed by atoms with E-state index in [1.54, 1.807) is 7.11 Å². The van der Waals surface area contributed by atoms with Crippen LogP contribution in [0.15, 0.2) is 34.9 Å². The second kappa shape index (κ2) is 10.8. The summed E-state index contributed by atoms with van der Waals surface area (Å²) in [5.74, 6) is 1.21. The van der Waals surface area contributed by atoms with Gasteiger partial charge in [0, 0.05) is 31.6 Å². The van der Waals surface area contributed by atoms with Crippen molar-refractivity contribution >= 4 is 33.5 Å². The molecule has 0 spiro atoms. The van der Waals surface area contributed by atoms with Crippen molar-refractivity contribution < 1.29 is 23.8 Å². The molecule has 2 heterocycles. The van der Waals surface area contributed by atoms with E-state index in [9.17, 15) is 9.59 Å². The summed E-state index contributed by atoms with van der Waals surface area (Å²) in [7, 11) is 1.63. The number of nitrogens with zero attached hydrogens (tertiary/aromatic N) is 2. The lowest BCUT2D eigenvalue weighted by molar-refractivity contribution is 0.0448. The number of aromatic nitrogens is 1. The molecule has 1 N–H and O–H groups in total. The van der Waals surface area contributed by atoms with E-state index < -0.39 is 17.2 Å². The zero-order valence-electron chi connectivity index (χ0n) is 21.2. The largest absolute Gasteiger partial charge is 0.497 e. The summed E-state index contributed by atoms with van der Waals surface area (Å²) in [6, 6.07) is 9.50. The highest BCUT2D eigenvalue weighted by Gasteiger charge is 2.34. The standard InChI is InChI=1S/C26H34BrN3O5/c1-17(31)22-20(30-13-11-26(5,12-14-30)29-24(32)35-25(2,3)4)15-21(23(27)28-22)34-16-18-7-9-19(33-6)10-8-18/h7-10,15H,11-14,16H2,1-6H3,(H,29,32). The minimum Gasteiger partial charge on any atom is -0.497 e. The minimum absolute atomic E-state index is 0.123. The average molecular weight is 548 g/mol. The van der Waals surface area contributed by atoms with Gasteiger partial charge >= 0.3 is 6.09 Å². The highest BCUT2D eigenvalue weighted by Crippen LogP contribution is 2.35. The van der Waals surface area contributed by atoms with E-state index in [0.29, 0.717) is 48.6 Å². The fraction of sp³-hybridized carbons (Fsp3) is 0.500. The van der Waals surface area contributed by atoms with Crippen LogP contribution in [0.2, 0.25) is 0 Å². The van der Waals surface area contributed by atoms with Crippen molar-refractivity contribution in [1.82, 2.24) is 10.3 Å². The number of benzene rings is 1. The Bertz CT molecular complexity index is 1060. The van der Waals surface area contributed by atoms with Gasteiger partial charge in [0.05, 0.1) is 12.8 Å². The number of halogens is 1. The van der Waals surface area contributed by atoms with E-state index in [-0.39, 0.29) is 5.78 Å². The molecule has 190 valence electrons. The van der Waals surface area contributed by atoms with Crippen molar-refractivity contribution in [3.05, 3.63) is 46.2 Å². The molecule has 0 radical (unpaired) electrons. The molecule has 1 aromatic heterocycles. The molecule has 1 aliphatic rings. The van der Waals surface area contributed by atoms with Crippen molar-refractivity contribution in [2.75, 3.05) is 25.1 Å². The highest BCUT2D eigenvalue weighted by atomic mass is 79.9. The van der Waals surface area contributed by atoms with Gasteiger partial charge in [0.1, 0.15) is 28.3 Å². The molecule has 35 heavy (non-hydrogen) atoms. The highest BCUT2D eigenvalue weighted by molar-refractivity contribution is 9.10. The molecule has 0 aliphatic carbocycles. The Kier molecular flexibility index (Phi) is 8.30. The third-order valence-corrected chi connectivity index (χ3v) is 6.39. The summed E-state index contributed by atoms with van der Waals surface area (Å²) < 4.78 is 17.1. The molecule has 1 fully saturated rings. The van der Waals surface area contributed by atoms with Gasteiger partial charge in [0.2, 0.25) is 0 Å². The minimum atomic E-state index is -0.553. The van der Waals surface area contributed by atoms with Gasteiger partial charge in [-0.05, 0) is 74.2 Å². The number of hydrogen-bond acceptors (Lipinski definition) is 7. The van der Waals surface area contributed by atoms with Gasteiger partial charge in [-0.2, -0.15) is 0 Å². The quantitative estimate of drug-likeness (QED) is 0.360. The van der Waals surface area contributed by atoms with Crippen molar-refractivity contribution in [2.45, 2.75) is 65.2 Å². The monoisotopic (exact) mass is 547 g/mol. The number of hydrogen-bond donors (Lipinski definition) is 1. The normalized spacial score (nSPS) is 15.3. The fourth-order valence-corrected chi connectivity index (χ4v) is 4.27. The van der Waals surface area contributed by atoms with E-state index in [1.807, 2.05) is 58.0 Å². The van der Waals surface area contributed by atoms with E-state index in [4.69, 9.17) is 14.2 Å². The van der Waals surface area contributed by atoms with Crippen LogP contribution in [0.1, 0.15) is 63.5 Å². The van der Waals surface area contributed by atoms with E-state index in [2.05, 4.69) is 31.1 Å². The van der Waals surface area contributed by atoms with Gasteiger partial charge in [-0.1, -0.05) is 12.1 Å². The fourth-order valence-electron chi connectivity index (χ4n) is 3.86. The van der Waals surface area contributed by atoms with Gasteiger partial charge in [-0.25, -0.2) is 9.78 Å². The van der Waals surface area contributed by atoms with Crippen LogP contribution in [0, 0.1) is 0 Å². The summed E-state index contributed by atoms with van der Waals surface area (Å²) >= 11 is 3.45. The molecule has 3 rings (SSSR count). The lowest BCUT2D eigenvalue weighted by atomic mass is 9.89. The number of ketones is 1. The summed E-state index contributed by atoms with van der Waals surface area (Å²) in [4.78, 5) is 31.3. The molecule has 1 amide bonds. The Morgan fingerprint density at radius 1 is 1.17 bits per heavy atom. The van der Waals surface area contributed by atoms with Crippen LogP contribution < -0.4 is 19.7 Å². The Balaban J connectivity index is 1.73. The molecule has 9 heteroatoms. The maximum Gasteiger partial charge on any atom is 0.408 e. The first-order chi connectivity index (χ1) is 16.4. The van der Waals surface area contributed by atoms with Crippen LogP contribution in [0.3, 0.4) is 0 Å². The summed E-state index contributed by atoms with van der Waals surface area (Å²) in [6.45, 7) is 10.7. The van der Waals surface area contributed by atoms with Gasteiger partial charge in [0.15, 0.2) is 11.5 Å². The molecule has 1 aromatic carbocycles. The summed E-state index contributed by atoms with van der Waals surface area (Å²) in [5.41, 5.74) is 1.15. The number of anilines is 1. The summed E-state index contributed by atoms with van der Waals surface area (Å²) in [5, 5.41) is 3.02. The molecule has 2 aromatic rings. The number of nitrogens with one attached hydrogen (secondary N) is 1. The number of pyridine rings is 1. The number of alkyl carbamates (subject to hydrolysis) is 1. The first kappa shape index (κ1) is 26.8. The van der Waals surface area contributed by atoms with Gasteiger partial charge < -0.3 is 24.4 Å². The van der Waals surface area contributed by atoms with Gasteiger partial charge in [0.25, 0.3) is 0 Å². The molecule has 1 aliphatic heterocycles. The number of carbonyl (C=O) groups is 2. The lowest BCUT2D eigenvalue weighted by Gasteiger charge is -2.41. The molecular weight excluding hydrogens is 514 g/mol. The van der Waals surface area contributed by atoms with Crippen LogP contribution in [0.4, 0.5) is 10.5 Å². The van der Waals surface area contributed by atoms with E-state index >= 15 is 0 Å². The molecule has 0 atom stereocenters. The van der Waals surface area contributed by atoms with Crippen molar-refractivity contribution in [1.29, 1.82) is 0 Å². The van der Waals surface area contributed by atoms with Gasteiger partial charge in [-0.3, -0.25) is 4.79 Å². The van der Waals surface area contributed by atoms with Crippen molar-refractivity contribution in [2.24, 2.45) is 0 Å². The molecule has 0 saturated carbocycles. The molecule has 0 bridgehead atoms. The predicted molar refractivity (Wildman–Crippen MR) is 138 cm³/mol. The molecular formula is C26H34BrN3O5. The molecule has 0 unspecified atom stereocenters. The Morgan fingerprint density at radius 3 is 2.34 bits per heavy atom.